The third-order valence-corrected chi connectivity index (χ3v) is 3.15. The summed E-state index contributed by atoms with van der Waals surface area (Å²) in [6.07, 6.45) is 8.90. The van der Waals surface area contributed by atoms with Crippen molar-refractivity contribution in [3.63, 3.8) is 0 Å². The molecule has 0 aromatic heterocycles. The van der Waals surface area contributed by atoms with E-state index in [0.717, 1.165) is 6.42 Å². The smallest absolute Gasteiger partial charge is 0.0400 e. The van der Waals surface area contributed by atoms with Crippen molar-refractivity contribution in [2.45, 2.75) is 24.7 Å². The van der Waals surface area contributed by atoms with Crippen molar-refractivity contribution in [3.8, 4) is 0 Å². The van der Waals surface area contributed by atoms with Crippen molar-refractivity contribution in [1.29, 1.82) is 0 Å². The molecular formula is C13H15NS. The molecule has 0 fully saturated rings. The molecule has 0 amide bonds. The fraction of sp³-hybridized carbons (Fsp3) is 0.231. The lowest BCUT2D eigenvalue weighted by molar-refractivity contribution is 0.998. The van der Waals surface area contributed by atoms with Gasteiger partial charge < -0.3 is 4.72 Å². The molecule has 0 saturated heterocycles. The van der Waals surface area contributed by atoms with E-state index in [9.17, 15) is 0 Å². The number of benzene rings is 1. The molecule has 0 unspecified atom stereocenters. The molecular weight excluding hydrogens is 202 g/mol. The molecule has 0 spiro atoms. The zero-order valence-corrected chi connectivity index (χ0v) is 9.68. The Morgan fingerprint density at radius 3 is 2.60 bits per heavy atom. The third-order valence-electron chi connectivity index (χ3n) is 2.30. The lowest BCUT2D eigenvalue weighted by atomic mass is 10.2. The molecule has 0 saturated carbocycles. The van der Waals surface area contributed by atoms with E-state index in [4.69, 9.17) is 0 Å². The zero-order valence-electron chi connectivity index (χ0n) is 8.86. The molecule has 78 valence electrons. The molecule has 1 nitrogen and oxygen atoms in total. The molecule has 0 heterocycles. The maximum absolute atomic E-state index is 3.35. The molecule has 15 heavy (non-hydrogen) atoms. The Labute approximate surface area is 95.4 Å². The Balaban J connectivity index is 1.90. The van der Waals surface area contributed by atoms with E-state index in [-0.39, 0.29) is 0 Å². The molecule has 1 aromatic carbocycles. The van der Waals surface area contributed by atoms with Crippen molar-refractivity contribution in [3.05, 3.63) is 53.8 Å². The Hall–Kier alpha value is -1.15. The summed E-state index contributed by atoms with van der Waals surface area (Å²) in [6, 6.07) is 8.55. The highest BCUT2D eigenvalue weighted by molar-refractivity contribution is 7.97. The van der Waals surface area contributed by atoms with Gasteiger partial charge in [0.15, 0.2) is 0 Å². The third kappa shape index (κ3) is 3.17. The highest BCUT2D eigenvalue weighted by Crippen LogP contribution is 2.18. The highest BCUT2D eigenvalue weighted by atomic mass is 32.2. The first-order valence-electron chi connectivity index (χ1n) is 5.21. The Morgan fingerprint density at radius 2 is 1.93 bits per heavy atom. The summed E-state index contributed by atoms with van der Waals surface area (Å²) in [5.74, 6) is 0. The SMILES string of the molecule is Cc1ccc(SNC2=CCCC=C2)cc1. The van der Waals surface area contributed by atoms with Gasteiger partial charge in [-0.1, -0.05) is 29.8 Å². The van der Waals surface area contributed by atoms with E-state index in [2.05, 4.69) is 54.1 Å². The first-order chi connectivity index (χ1) is 7.34. The monoisotopic (exact) mass is 217 g/mol. The number of allylic oxidation sites excluding steroid dienone is 3. The van der Waals surface area contributed by atoms with E-state index in [0.29, 0.717) is 0 Å². The van der Waals surface area contributed by atoms with Crippen LogP contribution in [0, 0.1) is 6.92 Å². The van der Waals surface area contributed by atoms with Crippen LogP contribution in [0.4, 0.5) is 0 Å². The van der Waals surface area contributed by atoms with Crippen LogP contribution in [0.1, 0.15) is 18.4 Å². The standard InChI is InChI=1S/C13H15NS/c1-11-7-9-13(10-8-11)15-14-12-5-3-2-4-6-12/h3,5-10,14H,2,4H2,1H3. The lowest BCUT2D eigenvalue weighted by Gasteiger charge is -2.09. The molecule has 0 radical (unpaired) electrons. The summed E-state index contributed by atoms with van der Waals surface area (Å²) in [7, 11) is 0. The average molecular weight is 217 g/mol. The van der Waals surface area contributed by atoms with Gasteiger partial charge in [0.1, 0.15) is 0 Å². The van der Waals surface area contributed by atoms with Crippen LogP contribution in [-0.2, 0) is 0 Å². The average Bonchev–Trinajstić information content (AvgIpc) is 2.30. The Kier molecular flexibility index (Phi) is 3.51. The van der Waals surface area contributed by atoms with Gasteiger partial charge in [0.05, 0.1) is 0 Å². The van der Waals surface area contributed by atoms with E-state index in [1.165, 1.54) is 22.6 Å². The van der Waals surface area contributed by atoms with Gasteiger partial charge in [-0.3, -0.25) is 0 Å². The van der Waals surface area contributed by atoms with Gasteiger partial charge in [-0.25, -0.2) is 0 Å². The van der Waals surface area contributed by atoms with E-state index in [1.807, 2.05) is 0 Å². The first-order valence-corrected chi connectivity index (χ1v) is 6.02. The number of hydrogen-bond acceptors (Lipinski definition) is 2. The van der Waals surface area contributed by atoms with Crippen molar-refractivity contribution >= 4 is 11.9 Å². The van der Waals surface area contributed by atoms with Gasteiger partial charge >= 0.3 is 0 Å². The van der Waals surface area contributed by atoms with Gasteiger partial charge in [-0.05, 0) is 49.9 Å². The van der Waals surface area contributed by atoms with Crippen molar-refractivity contribution in [1.82, 2.24) is 4.72 Å². The minimum absolute atomic E-state index is 1.15. The summed E-state index contributed by atoms with van der Waals surface area (Å²) >= 11 is 1.67. The topological polar surface area (TPSA) is 12.0 Å². The van der Waals surface area contributed by atoms with Crippen LogP contribution in [0.25, 0.3) is 0 Å². The fourth-order valence-electron chi connectivity index (χ4n) is 1.41. The second-order valence-electron chi connectivity index (χ2n) is 3.66. The van der Waals surface area contributed by atoms with Gasteiger partial charge in [0.2, 0.25) is 0 Å². The molecule has 1 aromatic rings. The lowest BCUT2D eigenvalue weighted by Crippen LogP contribution is -2.02. The summed E-state index contributed by atoms with van der Waals surface area (Å²) < 4.78 is 3.35. The quantitative estimate of drug-likeness (QED) is 0.772. The van der Waals surface area contributed by atoms with Crippen LogP contribution in [0.15, 0.2) is 53.1 Å². The van der Waals surface area contributed by atoms with E-state index >= 15 is 0 Å². The van der Waals surface area contributed by atoms with E-state index < -0.39 is 0 Å². The summed E-state index contributed by atoms with van der Waals surface area (Å²) in [5, 5.41) is 0. The number of nitrogens with one attached hydrogen (secondary N) is 1. The van der Waals surface area contributed by atoms with Crippen LogP contribution < -0.4 is 4.72 Å². The zero-order chi connectivity index (χ0) is 10.5. The predicted octanol–water partition coefficient (Wildman–Crippen LogP) is 3.83. The second kappa shape index (κ2) is 5.08. The molecule has 2 heteroatoms. The molecule has 0 atom stereocenters. The molecule has 1 aliphatic carbocycles. The summed E-state index contributed by atoms with van der Waals surface area (Å²) in [6.45, 7) is 2.11. The molecule has 1 N–H and O–H groups in total. The largest absolute Gasteiger partial charge is 0.326 e. The molecule has 1 aliphatic rings. The second-order valence-corrected chi connectivity index (χ2v) is 4.54. The van der Waals surface area contributed by atoms with Crippen LogP contribution in [-0.4, -0.2) is 0 Å². The first kappa shape index (κ1) is 10.4. The minimum atomic E-state index is 1.15. The molecule has 2 rings (SSSR count). The Morgan fingerprint density at radius 1 is 1.13 bits per heavy atom. The predicted molar refractivity (Wildman–Crippen MR) is 66.6 cm³/mol. The molecule has 0 bridgehead atoms. The minimum Gasteiger partial charge on any atom is -0.326 e. The molecule has 0 aliphatic heterocycles. The van der Waals surface area contributed by atoms with E-state index in [1.54, 1.807) is 11.9 Å². The Bertz CT molecular complexity index is 376. The fourth-order valence-corrected chi connectivity index (χ4v) is 2.07. The highest BCUT2D eigenvalue weighted by Gasteiger charge is 1.97. The summed E-state index contributed by atoms with van der Waals surface area (Å²) in [5.41, 5.74) is 2.52. The van der Waals surface area contributed by atoms with Crippen LogP contribution in [0.5, 0.6) is 0 Å². The van der Waals surface area contributed by atoms with Crippen LogP contribution in [0.2, 0.25) is 0 Å². The maximum atomic E-state index is 3.35. The van der Waals surface area contributed by atoms with Crippen molar-refractivity contribution in [2.24, 2.45) is 0 Å². The van der Waals surface area contributed by atoms with Crippen molar-refractivity contribution < 1.29 is 0 Å². The number of rotatable bonds is 3. The van der Waals surface area contributed by atoms with Crippen LogP contribution >= 0.6 is 11.9 Å². The van der Waals surface area contributed by atoms with Gasteiger partial charge in [0.25, 0.3) is 0 Å². The normalized spacial score (nSPS) is 14.9. The number of aryl methyl sites for hydroxylation is 1. The maximum Gasteiger partial charge on any atom is 0.0400 e. The number of hydrogen-bond donors (Lipinski definition) is 1. The summed E-state index contributed by atoms with van der Waals surface area (Å²) in [4.78, 5) is 1.25. The van der Waals surface area contributed by atoms with Crippen LogP contribution in [0.3, 0.4) is 0 Å². The van der Waals surface area contributed by atoms with Gasteiger partial charge in [0, 0.05) is 10.6 Å². The van der Waals surface area contributed by atoms with Gasteiger partial charge in [-0.15, -0.1) is 0 Å². The van der Waals surface area contributed by atoms with Gasteiger partial charge in [-0.2, -0.15) is 0 Å². The van der Waals surface area contributed by atoms with Crippen molar-refractivity contribution in [2.75, 3.05) is 0 Å².